The monoisotopic (exact) mass is 362 g/mol. The predicted octanol–water partition coefficient (Wildman–Crippen LogP) is 3.28. The van der Waals surface area contributed by atoms with Crippen molar-refractivity contribution >= 4 is 5.91 Å². The van der Waals surface area contributed by atoms with E-state index in [1.807, 2.05) is 61.5 Å². The highest BCUT2D eigenvalue weighted by atomic mass is 16.4. The van der Waals surface area contributed by atoms with E-state index in [9.17, 15) is 10.1 Å². The number of rotatable bonds is 6. The van der Waals surface area contributed by atoms with Crippen LogP contribution in [-0.2, 0) is 0 Å². The molecule has 0 fully saturated rings. The topological polar surface area (TPSA) is 74.2 Å². The van der Waals surface area contributed by atoms with Crippen LogP contribution < -0.4 is 5.32 Å². The molecule has 138 valence electrons. The fourth-order valence-electron chi connectivity index (χ4n) is 3.11. The number of nitrogens with zero attached hydrogens (tertiary/aromatic N) is 3. The molecule has 0 spiro atoms. The van der Waals surface area contributed by atoms with Crippen LogP contribution in [0.1, 0.15) is 33.3 Å². The van der Waals surface area contributed by atoms with Gasteiger partial charge >= 0.3 is 0 Å². The second-order valence-corrected chi connectivity index (χ2v) is 6.52. The molecule has 27 heavy (non-hydrogen) atoms. The summed E-state index contributed by atoms with van der Waals surface area (Å²) < 4.78 is 7.40. The highest BCUT2D eigenvalue weighted by Gasteiger charge is 2.25. The van der Waals surface area contributed by atoms with E-state index in [0.717, 1.165) is 5.56 Å². The van der Waals surface area contributed by atoms with Crippen molar-refractivity contribution in [1.29, 1.82) is 5.26 Å². The maximum Gasteiger partial charge on any atom is 0.256 e. The van der Waals surface area contributed by atoms with Crippen LogP contribution in [0.3, 0.4) is 0 Å². The van der Waals surface area contributed by atoms with Crippen molar-refractivity contribution in [2.75, 3.05) is 20.6 Å². The van der Waals surface area contributed by atoms with Crippen LogP contribution in [0, 0.1) is 18.3 Å². The molecule has 3 rings (SSSR count). The molecule has 6 heteroatoms. The Hall–Kier alpha value is -3.30. The number of carbonyl (C=O) groups is 1. The van der Waals surface area contributed by atoms with Crippen molar-refractivity contribution in [2.45, 2.75) is 13.0 Å². The first-order chi connectivity index (χ1) is 13.0. The maximum atomic E-state index is 12.8. The van der Waals surface area contributed by atoms with Gasteiger partial charge in [0.05, 0.1) is 6.04 Å². The maximum absolute atomic E-state index is 12.8. The van der Waals surface area contributed by atoms with Gasteiger partial charge < -0.3 is 14.6 Å². The van der Waals surface area contributed by atoms with Gasteiger partial charge in [-0.3, -0.25) is 9.36 Å². The Morgan fingerprint density at radius 1 is 1.22 bits per heavy atom. The summed E-state index contributed by atoms with van der Waals surface area (Å²) in [6, 6.07) is 15.8. The van der Waals surface area contributed by atoms with E-state index < -0.39 is 0 Å². The largest absolute Gasteiger partial charge is 0.443 e. The Kier molecular flexibility index (Phi) is 5.43. The van der Waals surface area contributed by atoms with Gasteiger partial charge in [-0.25, -0.2) is 0 Å². The second kappa shape index (κ2) is 7.94. The zero-order valence-corrected chi connectivity index (χ0v) is 15.6. The average Bonchev–Trinajstić information content (AvgIpc) is 3.29. The number of furan rings is 1. The standard InChI is InChI=1S/C21H22N4O2/c1-15-19(17(13-22)21(27-15)25-11-7-8-12-25)20(26)23-14-18(24(2)3)16-9-5-4-6-10-16/h4-12,18H,14H2,1-3H3,(H,23,26)/t18-/m0/s1. The van der Waals surface area contributed by atoms with Gasteiger partial charge in [0.1, 0.15) is 23.0 Å². The number of nitrogens with one attached hydrogen (secondary N) is 1. The predicted molar refractivity (Wildman–Crippen MR) is 103 cm³/mol. The number of hydrogen-bond acceptors (Lipinski definition) is 4. The summed E-state index contributed by atoms with van der Waals surface area (Å²) in [5.41, 5.74) is 1.63. The van der Waals surface area contributed by atoms with E-state index in [2.05, 4.69) is 11.4 Å². The van der Waals surface area contributed by atoms with Crippen molar-refractivity contribution in [1.82, 2.24) is 14.8 Å². The Labute approximate surface area is 158 Å². The number of hydrogen-bond donors (Lipinski definition) is 1. The molecule has 3 aromatic rings. The molecule has 2 aromatic heterocycles. The number of nitriles is 1. The Morgan fingerprint density at radius 2 is 1.89 bits per heavy atom. The van der Waals surface area contributed by atoms with E-state index in [1.165, 1.54) is 0 Å². The first-order valence-corrected chi connectivity index (χ1v) is 8.69. The van der Waals surface area contributed by atoms with Gasteiger partial charge in [0.25, 0.3) is 5.91 Å². The summed E-state index contributed by atoms with van der Waals surface area (Å²) in [6.45, 7) is 2.12. The van der Waals surface area contributed by atoms with E-state index in [0.29, 0.717) is 18.2 Å². The fourth-order valence-corrected chi connectivity index (χ4v) is 3.11. The minimum absolute atomic E-state index is 0.0248. The molecular formula is C21H22N4O2. The first-order valence-electron chi connectivity index (χ1n) is 8.69. The lowest BCUT2D eigenvalue weighted by molar-refractivity contribution is 0.0940. The van der Waals surface area contributed by atoms with Gasteiger partial charge in [0.15, 0.2) is 0 Å². The molecule has 0 bridgehead atoms. The minimum Gasteiger partial charge on any atom is -0.443 e. The van der Waals surface area contributed by atoms with Gasteiger partial charge in [0, 0.05) is 18.9 Å². The SMILES string of the molecule is Cc1oc(-n2cccc2)c(C#N)c1C(=O)NC[C@@H](c1ccccc1)N(C)C. The summed E-state index contributed by atoms with van der Waals surface area (Å²) in [6.07, 6.45) is 3.55. The van der Waals surface area contributed by atoms with Gasteiger partial charge in [0.2, 0.25) is 5.88 Å². The molecule has 1 aromatic carbocycles. The molecule has 1 N–H and O–H groups in total. The van der Waals surface area contributed by atoms with Gasteiger partial charge in [-0.1, -0.05) is 30.3 Å². The Balaban J connectivity index is 1.83. The average molecular weight is 362 g/mol. The molecule has 0 aliphatic rings. The number of amides is 1. The highest BCUT2D eigenvalue weighted by Crippen LogP contribution is 2.25. The Morgan fingerprint density at radius 3 is 2.48 bits per heavy atom. The summed E-state index contributed by atoms with van der Waals surface area (Å²) in [7, 11) is 3.94. The number of likely N-dealkylation sites (N-methyl/N-ethyl adjacent to an activating group) is 1. The van der Waals surface area contributed by atoms with Crippen molar-refractivity contribution in [2.24, 2.45) is 0 Å². The van der Waals surface area contributed by atoms with Crippen molar-refractivity contribution in [3.05, 3.63) is 77.3 Å². The van der Waals surface area contributed by atoms with Crippen LogP contribution in [0.5, 0.6) is 0 Å². The second-order valence-electron chi connectivity index (χ2n) is 6.52. The van der Waals surface area contributed by atoms with Crippen molar-refractivity contribution in [3.63, 3.8) is 0 Å². The molecule has 1 amide bonds. The van der Waals surface area contributed by atoms with Crippen LogP contribution >= 0.6 is 0 Å². The van der Waals surface area contributed by atoms with Crippen LogP contribution in [0.4, 0.5) is 0 Å². The number of aryl methyl sites for hydroxylation is 1. The van der Waals surface area contributed by atoms with Gasteiger partial charge in [-0.2, -0.15) is 5.26 Å². The third-order valence-electron chi connectivity index (χ3n) is 4.51. The highest BCUT2D eigenvalue weighted by molar-refractivity contribution is 5.98. The van der Waals surface area contributed by atoms with E-state index in [4.69, 9.17) is 4.42 Å². The molecule has 0 radical (unpaired) electrons. The molecule has 6 nitrogen and oxygen atoms in total. The molecular weight excluding hydrogens is 340 g/mol. The normalized spacial score (nSPS) is 12.0. The lowest BCUT2D eigenvalue weighted by Gasteiger charge is -2.25. The number of aromatic nitrogens is 1. The van der Waals surface area contributed by atoms with Crippen LogP contribution in [0.15, 0.2) is 59.3 Å². The number of carbonyl (C=O) groups excluding carboxylic acids is 1. The lowest BCUT2D eigenvalue weighted by Crippen LogP contribution is -2.34. The van der Waals surface area contributed by atoms with Crippen LogP contribution in [0.2, 0.25) is 0 Å². The van der Waals surface area contributed by atoms with E-state index in [1.54, 1.807) is 23.9 Å². The fraction of sp³-hybridized carbons (Fsp3) is 0.238. The number of benzene rings is 1. The smallest absolute Gasteiger partial charge is 0.256 e. The van der Waals surface area contributed by atoms with Crippen molar-refractivity contribution < 1.29 is 9.21 Å². The summed E-state index contributed by atoms with van der Waals surface area (Å²) in [5.74, 6) is 0.472. The summed E-state index contributed by atoms with van der Waals surface area (Å²) in [4.78, 5) is 14.9. The zero-order chi connectivity index (χ0) is 19.4. The van der Waals surface area contributed by atoms with Crippen LogP contribution in [-0.4, -0.2) is 36.0 Å². The quantitative estimate of drug-likeness (QED) is 0.730. The molecule has 2 heterocycles. The first kappa shape index (κ1) is 18.5. The molecule has 0 unspecified atom stereocenters. The molecule has 0 saturated carbocycles. The lowest BCUT2D eigenvalue weighted by atomic mass is 10.1. The summed E-state index contributed by atoms with van der Waals surface area (Å²) >= 11 is 0. The third kappa shape index (κ3) is 3.78. The van der Waals surface area contributed by atoms with Gasteiger partial charge in [-0.05, 0) is 38.7 Å². The Bertz CT molecular complexity index is 950. The van der Waals surface area contributed by atoms with Gasteiger partial charge in [-0.15, -0.1) is 0 Å². The van der Waals surface area contributed by atoms with Crippen LogP contribution in [0.25, 0.3) is 5.88 Å². The van der Waals surface area contributed by atoms with E-state index >= 15 is 0 Å². The summed E-state index contributed by atoms with van der Waals surface area (Å²) in [5, 5.41) is 12.5. The molecule has 0 aliphatic carbocycles. The molecule has 0 aliphatic heterocycles. The van der Waals surface area contributed by atoms with E-state index in [-0.39, 0.29) is 23.1 Å². The third-order valence-corrected chi connectivity index (χ3v) is 4.51. The molecule has 0 saturated heterocycles. The molecule has 1 atom stereocenters. The minimum atomic E-state index is -0.311. The zero-order valence-electron chi connectivity index (χ0n) is 15.6. The van der Waals surface area contributed by atoms with Crippen molar-refractivity contribution in [3.8, 4) is 12.0 Å².